The van der Waals surface area contributed by atoms with Gasteiger partial charge in [-0.2, -0.15) is 0 Å². The van der Waals surface area contributed by atoms with Crippen LogP contribution in [0.2, 0.25) is 0 Å². The van der Waals surface area contributed by atoms with Crippen LogP contribution in [0.5, 0.6) is 5.88 Å². The van der Waals surface area contributed by atoms with Crippen LogP contribution in [0.1, 0.15) is 37.0 Å². The molecule has 0 fully saturated rings. The van der Waals surface area contributed by atoms with Crippen LogP contribution in [-0.4, -0.2) is 35.3 Å². The Morgan fingerprint density at radius 2 is 2.28 bits per heavy atom. The summed E-state index contributed by atoms with van der Waals surface area (Å²) in [6.45, 7) is 4.47. The van der Waals surface area contributed by atoms with Gasteiger partial charge >= 0.3 is 0 Å². The van der Waals surface area contributed by atoms with Gasteiger partial charge in [-0.25, -0.2) is 4.98 Å². The molecule has 0 aliphatic rings. The van der Waals surface area contributed by atoms with E-state index in [1.807, 2.05) is 13.8 Å². The summed E-state index contributed by atoms with van der Waals surface area (Å²) in [6, 6.07) is 3.35. The molecule has 1 unspecified atom stereocenters. The summed E-state index contributed by atoms with van der Waals surface area (Å²) in [5, 5.41) is 11.7. The lowest BCUT2D eigenvalue weighted by atomic mass is 10.1. The fourth-order valence-electron chi connectivity index (χ4n) is 1.55. The first-order valence-corrected chi connectivity index (χ1v) is 6.21. The third-order valence-corrected chi connectivity index (χ3v) is 2.60. The Balaban J connectivity index is 2.60. The zero-order valence-corrected chi connectivity index (χ0v) is 10.8. The van der Waals surface area contributed by atoms with E-state index >= 15 is 0 Å². The number of hydrogen-bond donors (Lipinski definition) is 2. The van der Waals surface area contributed by atoms with Gasteiger partial charge in [0.05, 0.1) is 12.2 Å². The van der Waals surface area contributed by atoms with E-state index in [0.29, 0.717) is 24.5 Å². The van der Waals surface area contributed by atoms with Gasteiger partial charge in [-0.1, -0.05) is 6.92 Å². The SMILES string of the molecule is CCOc1ccc(C(=O)NC(CC)CCO)cn1. The first-order valence-electron chi connectivity index (χ1n) is 6.21. The second kappa shape index (κ2) is 7.66. The minimum atomic E-state index is -0.175. The molecule has 0 saturated carbocycles. The standard InChI is InChI=1S/C13H20N2O3/c1-3-11(7-8-16)15-13(17)10-5-6-12(14-9-10)18-4-2/h5-6,9,11,16H,3-4,7-8H2,1-2H3,(H,15,17). The highest BCUT2D eigenvalue weighted by molar-refractivity contribution is 5.94. The Labute approximate surface area is 107 Å². The van der Waals surface area contributed by atoms with Crippen molar-refractivity contribution in [3.8, 4) is 5.88 Å². The molecule has 0 spiro atoms. The van der Waals surface area contributed by atoms with Crippen LogP contribution in [0.15, 0.2) is 18.3 Å². The Morgan fingerprint density at radius 3 is 2.78 bits per heavy atom. The Bertz CT molecular complexity index is 365. The molecular weight excluding hydrogens is 232 g/mol. The predicted molar refractivity (Wildman–Crippen MR) is 68.7 cm³/mol. The number of aliphatic hydroxyl groups is 1. The van der Waals surface area contributed by atoms with Crippen molar-refractivity contribution in [3.05, 3.63) is 23.9 Å². The molecule has 0 saturated heterocycles. The van der Waals surface area contributed by atoms with Crippen LogP contribution >= 0.6 is 0 Å². The Kier molecular flexibility index (Phi) is 6.14. The van der Waals surface area contributed by atoms with Gasteiger partial charge in [0.15, 0.2) is 0 Å². The topological polar surface area (TPSA) is 71.5 Å². The molecule has 1 aromatic heterocycles. The zero-order chi connectivity index (χ0) is 13.4. The van der Waals surface area contributed by atoms with Crippen molar-refractivity contribution in [2.45, 2.75) is 32.7 Å². The van der Waals surface area contributed by atoms with E-state index in [2.05, 4.69) is 10.3 Å². The number of pyridine rings is 1. The summed E-state index contributed by atoms with van der Waals surface area (Å²) in [7, 11) is 0. The molecule has 1 amide bonds. The molecule has 0 bridgehead atoms. The van der Waals surface area contributed by atoms with Crippen molar-refractivity contribution in [1.82, 2.24) is 10.3 Å². The molecule has 100 valence electrons. The molecule has 0 aliphatic carbocycles. The maximum absolute atomic E-state index is 11.9. The fraction of sp³-hybridized carbons (Fsp3) is 0.538. The van der Waals surface area contributed by atoms with Crippen LogP contribution in [0.25, 0.3) is 0 Å². The van der Waals surface area contributed by atoms with Crippen molar-refractivity contribution >= 4 is 5.91 Å². The maximum Gasteiger partial charge on any atom is 0.253 e. The highest BCUT2D eigenvalue weighted by Gasteiger charge is 2.12. The molecular formula is C13H20N2O3. The number of ether oxygens (including phenoxy) is 1. The van der Waals surface area contributed by atoms with Crippen molar-refractivity contribution in [2.24, 2.45) is 0 Å². The molecule has 5 nitrogen and oxygen atoms in total. The molecule has 5 heteroatoms. The van der Waals surface area contributed by atoms with Gasteiger partial charge in [0.2, 0.25) is 5.88 Å². The molecule has 2 N–H and O–H groups in total. The second-order valence-electron chi connectivity index (χ2n) is 3.91. The van der Waals surface area contributed by atoms with E-state index in [-0.39, 0.29) is 18.6 Å². The van der Waals surface area contributed by atoms with E-state index < -0.39 is 0 Å². The van der Waals surface area contributed by atoms with E-state index in [1.165, 1.54) is 6.20 Å². The number of carbonyl (C=O) groups is 1. The van der Waals surface area contributed by atoms with Gasteiger partial charge in [0, 0.05) is 24.9 Å². The normalized spacial score (nSPS) is 11.9. The van der Waals surface area contributed by atoms with Gasteiger partial charge in [0.25, 0.3) is 5.91 Å². The molecule has 18 heavy (non-hydrogen) atoms. The number of hydrogen-bond acceptors (Lipinski definition) is 4. The van der Waals surface area contributed by atoms with Crippen LogP contribution in [-0.2, 0) is 0 Å². The van der Waals surface area contributed by atoms with Gasteiger partial charge in [0.1, 0.15) is 0 Å². The Hall–Kier alpha value is -1.62. The highest BCUT2D eigenvalue weighted by Crippen LogP contribution is 2.08. The summed E-state index contributed by atoms with van der Waals surface area (Å²) < 4.78 is 5.21. The Morgan fingerprint density at radius 1 is 1.50 bits per heavy atom. The number of amides is 1. The molecule has 1 aromatic rings. The fourth-order valence-corrected chi connectivity index (χ4v) is 1.55. The van der Waals surface area contributed by atoms with Crippen molar-refractivity contribution in [3.63, 3.8) is 0 Å². The highest BCUT2D eigenvalue weighted by atomic mass is 16.5. The first kappa shape index (κ1) is 14.4. The van der Waals surface area contributed by atoms with Gasteiger partial charge in [-0.15, -0.1) is 0 Å². The van der Waals surface area contributed by atoms with Crippen LogP contribution in [0.3, 0.4) is 0 Å². The quantitative estimate of drug-likeness (QED) is 0.769. The lowest BCUT2D eigenvalue weighted by Gasteiger charge is -2.15. The molecule has 1 rings (SSSR count). The van der Waals surface area contributed by atoms with Gasteiger partial charge < -0.3 is 15.2 Å². The summed E-state index contributed by atoms with van der Waals surface area (Å²) in [5.41, 5.74) is 0.495. The van der Waals surface area contributed by atoms with Crippen molar-refractivity contribution < 1.29 is 14.6 Å². The van der Waals surface area contributed by atoms with Gasteiger partial charge in [-0.05, 0) is 25.8 Å². The summed E-state index contributed by atoms with van der Waals surface area (Å²) in [4.78, 5) is 15.9. The average Bonchev–Trinajstić information content (AvgIpc) is 2.39. The third kappa shape index (κ3) is 4.33. The van der Waals surface area contributed by atoms with Crippen LogP contribution < -0.4 is 10.1 Å². The minimum Gasteiger partial charge on any atom is -0.478 e. The van der Waals surface area contributed by atoms with Crippen molar-refractivity contribution in [1.29, 1.82) is 0 Å². The minimum absolute atomic E-state index is 0.00549. The first-order chi connectivity index (χ1) is 8.71. The summed E-state index contributed by atoms with van der Waals surface area (Å²) >= 11 is 0. The summed E-state index contributed by atoms with van der Waals surface area (Å²) in [5.74, 6) is 0.335. The largest absolute Gasteiger partial charge is 0.478 e. The molecule has 1 heterocycles. The number of nitrogens with zero attached hydrogens (tertiary/aromatic N) is 1. The summed E-state index contributed by atoms with van der Waals surface area (Å²) in [6.07, 6.45) is 2.84. The molecule has 0 aromatic carbocycles. The maximum atomic E-state index is 11.9. The number of aliphatic hydroxyl groups excluding tert-OH is 1. The predicted octanol–water partition coefficient (Wildman–Crippen LogP) is 1.37. The molecule has 0 radical (unpaired) electrons. The molecule has 0 aliphatic heterocycles. The number of aromatic nitrogens is 1. The second-order valence-corrected chi connectivity index (χ2v) is 3.91. The van der Waals surface area contributed by atoms with Crippen LogP contribution in [0.4, 0.5) is 0 Å². The van der Waals surface area contributed by atoms with E-state index in [1.54, 1.807) is 12.1 Å². The van der Waals surface area contributed by atoms with E-state index in [4.69, 9.17) is 9.84 Å². The van der Waals surface area contributed by atoms with E-state index in [0.717, 1.165) is 6.42 Å². The number of rotatable bonds is 7. The zero-order valence-electron chi connectivity index (χ0n) is 10.8. The average molecular weight is 252 g/mol. The lowest BCUT2D eigenvalue weighted by molar-refractivity contribution is 0.0928. The van der Waals surface area contributed by atoms with Crippen molar-refractivity contribution in [2.75, 3.05) is 13.2 Å². The number of carbonyl (C=O) groups excluding carboxylic acids is 1. The van der Waals surface area contributed by atoms with Gasteiger partial charge in [-0.3, -0.25) is 4.79 Å². The van der Waals surface area contributed by atoms with E-state index in [9.17, 15) is 4.79 Å². The smallest absolute Gasteiger partial charge is 0.253 e. The molecule has 1 atom stereocenters. The third-order valence-electron chi connectivity index (χ3n) is 2.60. The van der Waals surface area contributed by atoms with Crippen LogP contribution in [0, 0.1) is 0 Å². The number of nitrogens with one attached hydrogen (secondary N) is 1. The monoisotopic (exact) mass is 252 g/mol. The lowest BCUT2D eigenvalue weighted by Crippen LogP contribution is -2.35.